The van der Waals surface area contributed by atoms with E-state index >= 15 is 0 Å². The summed E-state index contributed by atoms with van der Waals surface area (Å²) < 4.78 is 23.2. The SMILES string of the molecule is CCCc1c(OCCCBr)ccc2c(CC(C)(C)C)noc12.[C-]#N.[C-]#[N+]CCCOc1ccc2c(CC(C)(C)C)noc2c1CCC.[K+]. The van der Waals surface area contributed by atoms with Crippen molar-refractivity contribution in [3.63, 3.8) is 0 Å². The van der Waals surface area contributed by atoms with E-state index in [1.54, 1.807) is 0 Å². The van der Waals surface area contributed by atoms with Crippen LogP contribution in [0.4, 0.5) is 0 Å². The molecule has 0 unspecified atom stereocenters. The predicted molar refractivity (Wildman–Crippen MR) is 193 cm³/mol. The summed E-state index contributed by atoms with van der Waals surface area (Å²) in [4.78, 5) is 3.35. The molecule has 48 heavy (non-hydrogen) atoms. The largest absolute Gasteiger partial charge is 1.00 e. The average molecular weight is 748 g/mol. The van der Waals surface area contributed by atoms with E-state index in [2.05, 4.69) is 105 Å². The van der Waals surface area contributed by atoms with Crippen molar-refractivity contribution in [2.24, 2.45) is 10.8 Å². The topological polar surface area (TPSA) is 98.7 Å². The molecular formula is C38H52BrKN4O4. The van der Waals surface area contributed by atoms with E-state index in [9.17, 15) is 0 Å². The van der Waals surface area contributed by atoms with Crippen LogP contribution in [0.1, 0.15) is 104 Å². The number of hydrogen-bond donors (Lipinski definition) is 0. The van der Waals surface area contributed by atoms with Gasteiger partial charge in [-0.3, -0.25) is 0 Å². The molecule has 0 amide bonds. The van der Waals surface area contributed by atoms with Crippen molar-refractivity contribution in [3.05, 3.63) is 64.8 Å². The maximum absolute atomic E-state index is 6.82. The minimum absolute atomic E-state index is 0. The summed E-state index contributed by atoms with van der Waals surface area (Å²) in [6, 6.07) is 8.24. The Morgan fingerprint density at radius 1 is 0.750 bits per heavy atom. The molecule has 256 valence electrons. The summed E-state index contributed by atoms with van der Waals surface area (Å²) in [7, 11) is 0. The van der Waals surface area contributed by atoms with Crippen LogP contribution in [-0.2, 0) is 25.7 Å². The maximum atomic E-state index is 6.82. The predicted octanol–water partition coefficient (Wildman–Crippen LogP) is 7.69. The van der Waals surface area contributed by atoms with E-state index in [4.69, 9.17) is 36.9 Å². The van der Waals surface area contributed by atoms with Crippen molar-refractivity contribution in [1.29, 1.82) is 5.26 Å². The molecule has 2 aromatic heterocycles. The molecule has 0 aliphatic heterocycles. The van der Waals surface area contributed by atoms with Crippen LogP contribution in [0.15, 0.2) is 33.3 Å². The zero-order chi connectivity index (χ0) is 35.0. The zero-order valence-corrected chi connectivity index (χ0v) is 35.3. The van der Waals surface area contributed by atoms with Gasteiger partial charge < -0.3 is 35.2 Å². The molecule has 10 heteroatoms. The van der Waals surface area contributed by atoms with Gasteiger partial charge in [0.25, 0.3) is 0 Å². The first-order valence-electron chi connectivity index (χ1n) is 16.6. The smallest absolute Gasteiger partial charge is 0.512 e. The molecule has 4 rings (SSSR count). The summed E-state index contributed by atoms with van der Waals surface area (Å²) in [6.45, 7) is 31.0. The van der Waals surface area contributed by atoms with Crippen LogP contribution in [0.3, 0.4) is 0 Å². The second-order valence-electron chi connectivity index (χ2n) is 14.0. The van der Waals surface area contributed by atoms with E-state index in [1.165, 1.54) is 0 Å². The number of benzene rings is 2. The van der Waals surface area contributed by atoms with Crippen LogP contribution in [-0.4, -0.2) is 35.4 Å². The van der Waals surface area contributed by atoms with Gasteiger partial charge in [-0.1, -0.05) is 94.5 Å². The molecule has 0 spiro atoms. The van der Waals surface area contributed by atoms with Crippen LogP contribution in [0.25, 0.3) is 26.8 Å². The number of nitrogens with zero attached hydrogens (tertiary/aromatic N) is 4. The van der Waals surface area contributed by atoms with Crippen LogP contribution in [0, 0.1) is 29.2 Å². The van der Waals surface area contributed by atoms with E-state index in [0.29, 0.717) is 13.2 Å². The van der Waals surface area contributed by atoms with Crippen LogP contribution >= 0.6 is 15.9 Å². The van der Waals surface area contributed by atoms with Gasteiger partial charge in [0.1, 0.15) is 11.5 Å². The Morgan fingerprint density at radius 2 is 1.17 bits per heavy atom. The second kappa shape index (κ2) is 22.0. The third-order valence-corrected chi connectivity index (χ3v) is 7.71. The first-order valence-corrected chi connectivity index (χ1v) is 17.7. The third kappa shape index (κ3) is 13.8. The Hall–Kier alpha value is -1.92. The van der Waals surface area contributed by atoms with Gasteiger partial charge in [0.15, 0.2) is 11.2 Å². The minimum atomic E-state index is 0. The molecule has 0 aliphatic rings. The number of ether oxygens (including phenoxy) is 2. The number of aromatic nitrogens is 2. The maximum Gasteiger partial charge on any atom is 1.00 e. The Bertz CT molecular complexity index is 1590. The Labute approximate surface area is 339 Å². The fourth-order valence-corrected chi connectivity index (χ4v) is 5.48. The average Bonchev–Trinajstić information content (AvgIpc) is 3.61. The molecule has 0 N–H and O–H groups in total. The molecule has 0 bridgehead atoms. The number of fused-ring (bicyclic) bond motifs is 2. The minimum Gasteiger partial charge on any atom is -0.512 e. The fourth-order valence-electron chi connectivity index (χ4n) is 5.25. The first kappa shape index (κ1) is 44.1. The van der Waals surface area contributed by atoms with Gasteiger partial charge in [0, 0.05) is 27.2 Å². The van der Waals surface area contributed by atoms with Crippen molar-refractivity contribution in [1.82, 2.24) is 10.3 Å². The van der Waals surface area contributed by atoms with Gasteiger partial charge >= 0.3 is 51.4 Å². The zero-order valence-electron chi connectivity index (χ0n) is 30.6. The van der Waals surface area contributed by atoms with Crippen LogP contribution in [0.2, 0.25) is 0 Å². The molecule has 0 fully saturated rings. The molecular weight excluding hydrogens is 695 g/mol. The standard InChI is InChI=1S/C19H26N2O2.C18H26BrNO2.CN.K/c1-6-8-15-17(22-12-7-11-20-5)10-9-14-16(13-19(2,3)4)21-23-18(14)15;1-5-7-14-16(21-11-6-10-19)9-8-13-15(12-18(2,3)4)20-22-17(13)14;1-2;/h9-10H,6-8,11-13H2,1-4H3;8-9H,5-7,10-12H2,1-4H3;;/q;;-1;+1. The molecule has 2 heterocycles. The Balaban J connectivity index is 0.000000448. The molecule has 0 aliphatic carbocycles. The molecule has 0 atom stereocenters. The molecule has 2 aromatic carbocycles. The summed E-state index contributed by atoms with van der Waals surface area (Å²) >= 11 is 3.43. The van der Waals surface area contributed by atoms with Crippen molar-refractivity contribution < 1.29 is 69.9 Å². The summed E-state index contributed by atoms with van der Waals surface area (Å²) in [5.74, 6) is 1.80. The molecule has 4 aromatic rings. The van der Waals surface area contributed by atoms with Crippen molar-refractivity contribution in [2.45, 2.75) is 107 Å². The van der Waals surface area contributed by atoms with Crippen LogP contribution < -0.4 is 60.9 Å². The van der Waals surface area contributed by atoms with Gasteiger partial charge in [-0.25, -0.2) is 6.57 Å². The quantitative estimate of drug-likeness (QED) is 0.0565. The molecule has 0 saturated carbocycles. The summed E-state index contributed by atoms with van der Waals surface area (Å²) in [6.07, 6.45) is 7.47. The van der Waals surface area contributed by atoms with E-state index in [1.807, 2.05) is 6.07 Å². The van der Waals surface area contributed by atoms with E-state index in [-0.39, 0.29) is 62.2 Å². The van der Waals surface area contributed by atoms with E-state index < -0.39 is 0 Å². The Kier molecular flexibility index (Phi) is 20.2. The van der Waals surface area contributed by atoms with E-state index in [0.717, 1.165) is 119 Å². The normalized spacial score (nSPS) is 11.1. The third-order valence-electron chi connectivity index (χ3n) is 7.15. The number of rotatable bonds is 14. The van der Waals surface area contributed by atoms with Gasteiger partial charge in [0.05, 0.1) is 31.0 Å². The summed E-state index contributed by atoms with van der Waals surface area (Å²) in [5.41, 5.74) is 6.44. The van der Waals surface area contributed by atoms with Gasteiger partial charge in [0.2, 0.25) is 6.54 Å². The Morgan fingerprint density at radius 3 is 1.52 bits per heavy atom. The van der Waals surface area contributed by atoms with Gasteiger partial charge in [-0.2, -0.15) is 0 Å². The van der Waals surface area contributed by atoms with Gasteiger partial charge in [-0.05, 0) is 67.2 Å². The molecule has 8 nitrogen and oxygen atoms in total. The van der Waals surface area contributed by atoms with Crippen molar-refractivity contribution in [2.75, 3.05) is 25.1 Å². The number of alkyl halides is 1. The molecule has 0 radical (unpaired) electrons. The van der Waals surface area contributed by atoms with Crippen molar-refractivity contribution in [3.8, 4) is 11.5 Å². The molecule has 0 saturated heterocycles. The fraction of sp³-hybridized carbons (Fsp3) is 0.579. The summed E-state index contributed by atoms with van der Waals surface area (Å²) in [5, 5.41) is 18.1. The van der Waals surface area contributed by atoms with Gasteiger partial charge in [-0.15, -0.1) is 0 Å². The van der Waals surface area contributed by atoms with Crippen LogP contribution in [0.5, 0.6) is 11.5 Å². The first-order chi connectivity index (χ1) is 22.4. The number of aryl methyl sites for hydroxylation is 2. The second-order valence-corrected chi connectivity index (χ2v) is 14.8. The van der Waals surface area contributed by atoms with Crippen molar-refractivity contribution >= 4 is 37.9 Å². The monoisotopic (exact) mass is 746 g/mol. The number of hydrogen-bond acceptors (Lipinski definition) is 7. The number of halogens is 1.